The second-order valence-corrected chi connectivity index (χ2v) is 5.30. The smallest absolute Gasteiger partial charge is 0.379 e. The molecular weight excluding hydrogens is 312 g/mol. The lowest BCUT2D eigenvalue weighted by molar-refractivity contribution is -0.137. The van der Waals surface area contributed by atoms with Crippen LogP contribution in [0.25, 0.3) is 0 Å². The number of halogens is 1. The van der Waals surface area contributed by atoms with Crippen molar-refractivity contribution >= 4 is 27.7 Å². The van der Waals surface area contributed by atoms with E-state index in [0.717, 1.165) is 4.47 Å². The lowest BCUT2D eigenvalue weighted by Gasteiger charge is -2.09. The number of rotatable bonds is 6. The van der Waals surface area contributed by atoms with Crippen molar-refractivity contribution in [2.45, 2.75) is 19.8 Å². The summed E-state index contributed by atoms with van der Waals surface area (Å²) >= 11 is 3.37. The third kappa shape index (κ3) is 3.80. The standard InChI is InChI=1S/C14H15BrO4/c1-2-18-14(17)13(16)10-5-6-11(15)12(7-10)19-8-9-3-4-9/h5-7,9H,2-4,8H2,1H3. The van der Waals surface area contributed by atoms with Crippen molar-refractivity contribution in [2.24, 2.45) is 5.92 Å². The molecule has 1 fully saturated rings. The van der Waals surface area contributed by atoms with Crippen molar-refractivity contribution < 1.29 is 19.1 Å². The predicted molar refractivity (Wildman–Crippen MR) is 73.3 cm³/mol. The van der Waals surface area contributed by atoms with E-state index >= 15 is 0 Å². The first-order chi connectivity index (χ1) is 9.11. The fourth-order valence-corrected chi connectivity index (χ4v) is 1.92. The summed E-state index contributed by atoms with van der Waals surface area (Å²) in [5.41, 5.74) is 0.285. The van der Waals surface area contributed by atoms with E-state index in [0.29, 0.717) is 18.3 Å². The Morgan fingerprint density at radius 1 is 1.37 bits per heavy atom. The van der Waals surface area contributed by atoms with Gasteiger partial charge in [-0.3, -0.25) is 4.79 Å². The van der Waals surface area contributed by atoms with Gasteiger partial charge in [-0.1, -0.05) is 0 Å². The van der Waals surface area contributed by atoms with Crippen molar-refractivity contribution in [3.8, 4) is 5.75 Å². The van der Waals surface area contributed by atoms with Gasteiger partial charge in [0.05, 0.1) is 17.7 Å². The first-order valence-electron chi connectivity index (χ1n) is 6.25. The van der Waals surface area contributed by atoms with Crippen LogP contribution < -0.4 is 4.74 Å². The molecule has 19 heavy (non-hydrogen) atoms. The number of ketones is 1. The van der Waals surface area contributed by atoms with Gasteiger partial charge in [0.1, 0.15) is 5.75 Å². The van der Waals surface area contributed by atoms with Crippen LogP contribution in [-0.4, -0.2) is 25.0 Å². The van der Waals surface area contributed by atoms with E-state index in [1.165, 1.54) is 12.8 Å². The molecule has 0 amide bonds. The number of carbonyl (C=O) groups is 2. The number of esters is 1. The summed E-state index contributed by atoms with van der Waals surface area (Å²) in [6, 6.07) is 4.85. The summed E-state index contributed by atoms with van der Waals surface area (Å²) in [7, 11) is 0. The SMILES string of the molecule is CCOC(=O)C(=O)c1ccc(Br)c(OCC2CC2)c1. The molecule has 0 bridgehead atoms. The van der Waals surface area contributed by atoms with E-state index in [1.54, 1.807) is 25.1 Å². The number of carbonyl (C=O) groups excluding carboxylic acids is 2. The lowest BCUT2D eigenvalue weighted by Crippen LogP contribution is -2.17. The molecule has 0 spiro atoms. The van der Waals surface area contributed by atoms with Gasteiger partial charge >= 0.3 is 5.97 Å². The maximum absolute atomic E-state index is 11.8. The summed E-state index contributed by atoms with van der Waals surface area (Å²) in [6.07, 6.45) is 2.39. The molecule has 5 heteroatoms. The number of hydrogen-bond donors (Lipinski definition) is 0. The van der Waals surface area contributed by atoms with Crippen LogP contribution in [0.5, 0.6) is 5.75 Å². The zero-order valence-electron chi connectivity index (χ0n) is 10.6. The van der Waals surface area contributed by atoms with Crippen LogP contribution in [0.15, 0.2) is 22.7 Å². The third-order valence-electron chi connectivity index (χ3n) is 2.83. The Morgan fingerprint density at radius 2 is 2.11 bits per heavy atom. The molecule has 0 radical (unpaired) electrons. The second-order valence-electron chi connectivity index (χ2n) is 4.45. The first-order valence-corrected chi connectivity index (χ1v) is 7.05. The van der Waals surface area contributed by atoms with E-state index < -0.39 is 11.8 Å². The molecule has 102 valence electrons. The molecule has 0 atom stereocenters. The fourth-order valence-electron chi connectivity index (χ4n) is 1.56. The number of ether oxygens (including phenoxy) is 2. The van der Waals surface area contributed by atoms with Gasteiger partial charge in [0.15, 0.2) is 0 Å². The zero-order chi connectivity index (χ0) is 13.8. The number of benzene rings is 1. The Kier molecular flexibility index (Phi) is 4.58. The minimum Gasteiger partial charge on any atom is -0.492 e. The summed E-state index contributed by atoms with van der Waals surface area (Å²) in [5, 5.41) is 0. The molecule has 1 aliphatic rings. The minimum absolute atomic E-state index is 0.187. The predicted octanol–water partition coefficient (Wildman–Crippen LogP) is 2.98. The number of hydrogen-bond acceptors (Lipinski definition) is 4. The van der Waals surface area contributed by atoms with E-state index in [4.69, 9.17) is 9.47 Å². The normalized spacial score (nSPS) is 14.0. The average molecular weight is 327 g/mol. The first kappa shape index (κ1) is 14.1. The summed E-state index contributed by atoms with van der Waals surface area (Å²) in [6.45, 7) is 2.50. The zero-order valence-corrected chi connectivity index (χ0v) is 12.2. The molecule has 0 saturated heterocycles. The van der Waals surface area contributed by atoms with Crippen molar-refractivity contribution in [1.82, 2.24) is 0 Å². The molecular formula is C14H15BrO4. The Bertz CT molecular complexity index is 494. The molecule has 1 aromatic carbocycles. The van der Waals surface area contributed by atoms with Crippen molar-refractivity contribution in [2.75, 3.05) is 13.2 Å². The van der Waals surface area contributed by atoms with Crippen LogP contribution in [-0.2, 0) is 9.53 Å². The van der Waals surface area contributed by atoms with Crippen LogP contribution in [0, 0.1) is 5.92 Å². The van der Waals surface area contributed by atoms with E-state index in [2.05, 4.69) is 15.9 Å². The Labute approximate surface area is 120 Å². The van der Waals surface area contributed by atoms with Crippen molar-refractivity contribution in [3.63, 3.8) is 0 Å². The highest BCUT2D eigenvalue weighted by Crippen LogP contribution is 2.32. The summed E-state index contributed by atoms with van der Waals surface area (Å²) in [4.78, 5) is 23.2. The summed E-state index contributed by atoms with van der Waals surface area (Å²) in [5.74, 6) is -0.276. The molecule has 0 aromatic heterocycles. The number of Topliss-reactive ketones (excluding diaryl/α,β-unsaturated/α-hetero) is 1. The molecule has 0 N–H and O–H groups in total. The van der Waals surface area contributed by atoms with Crippen LogP contribution in [0.2, 0.25) is 0 Å². The quantitative estimate of drug-likeness (QED) is 0.458. The largest absolute Gasteiger partial charge is 0.492 e. The third-order valence-corrected chi connectivity index (χ3v) is 3.48. The van der Waals surface area contributed by atoms with Gasteiger partial charge in [-0.2, -0.15) is 0 Å². The van der Waals surface area contributed by atoms with E-state index in [9.17, 15) is 9.59 Å². The van der Waals surface area contributed by atoms with Crippen LogP contribution in [0.3, 0.4) is 0 Å². The molecule has 1 aromatic rings. The molecule has 4 nitrogen and oxygen atoms in total. The van der Waals surface area contributed by atoms with Crippen LogP contribution >= 0.6 is 15.9 Å². The van der Waals surface area contributed by atoms with Gasteiger partial charge in [0, 0.05) is 5.56 Å². The van der Waals surface area contributed by atoms with Gasteiger partial charge in [-0.05, 0) is 59.8 Å². The Hall–Kier alpha value is -1.36. The highest BCUT2D eigenvalue weighted by atomic mass is 79.9. The fraction of sp³-hybridized carbons (Fsp3) is 0.429. The Morgan fingerprint density at radius 3 is 2.74 bits per heavy atom. The maximum atomic E-state index is 11.8. The molecule has 2 rings (SSSR count). The highest BCUT2D eigenvalue weighted by Gasteiger charge is 2.23. The van der Waals surface area contributed by atoms with Gasteiger partial charge in [0.2, 0.25) is 0 Å². The molecule has 1 aliphatic carbocycles. The highest BCUT2D eigenvalue weighted by molar-refractivity contribution is 9.10. The van der Waals surface area contributed by atoms with Gasteiger partial charge < -0.3 is 9.47 Å². The molecule has 0 unspecified atom stereocenters. The molecule has 0 heterocycles. The van der Waals surface area contributed by atoms with Crippen LogP contribution in [0.1, 0.15) is 30.1 Å². The minimum atomic E-state index is -0.835. The summed E-state index contributed by atoms with van der Waals surface area (Å²) < 4.78 is 11.1. The molecule has 0 aliphatic heterocycles. The topological polar surface area (TPSA) is 52.6 Å². The molecule has 1 saturated carbocycles. The van der Waals surface area contributed by atoms with Gasteiger partial charge in [0.25, 0.3) is 5.78 Å². The lowest BCUT2D eigenvalue weighted by atomic mass is 10.1. The van der Waals surface area contributed by atoms with E-state index in [-0.39, 0.29) is 12.2 Å². The van der Waals surface area contributed by atoms with Crippen molar-refractivity contribution in [1.29, 1.82) is 0 Å². The van der Waals surface area contributed by atoms with Crippen molar-refractivity contribution in [3.05, 3.63) is 28.2 Å². The second kappa shape index (κ2) is 6.19. The van der Waals surface area contributed by atoms with E-state index in [1.807, 2.05) is 0 Å². The van der Waals surface area contributed by atoms with Gasteiger partial charge in [-0.15, -0.1) is 0 Å². The van der Waals surface area contributed by atoms with Crippen LogP contribution in [0.4, 0.5) is 0 Å². The average Bonchev–Trinajstić information content (AvgIpc) is 3.21. The monoisotopic (exact) mass is 326 g/mol. The van der Waals surface area contributed by atoms with Gasteiger partial charge in [-0.25, -0.2) is 4.79 Å². The maximum Gasteiger partial charge on any atom is 0.379 e. The Balaban J connectivity index is 2.09.